The standard InChI is InChI=1S/C15H22N2O/c1-12-4-3-5-14(8-12)16-6-7-17(13(2)9-16)15-10-18-11-15/h3-5,8,13,15H,6-7,9-11H2,1-2H3. The Morgan fingerprint density at radius 3 is 2.67 bits per heavy atom. The summed E-state index contributed by atoms with van der Waals surface area (Å²) < 4.78 is 5.31. The number of nitrogens with zero attached hydrogens (tertiary/aromatic N) is 2. The van der Waals surface area contributed by atoms with E-state index in [1.807, 2.05) is 0 Å². The van der Waals surface area contributed by atoms with Gasteiger partial charge in [-0.05, 0) is 31.5 Å². The van der Waals surface area contributed by atoms with Gasteiger partial charge in [0.15, 0.2) is 0 Å². The largest absolute Gasteiger partial charge is 0.378 e. The Labute approximate surface area is 109 Å². The summed E-state index contributed by atoms with van der Waals surface area (Å²) >= 11 is 0. The highest BCUT2D eigenvalue weighted by atomic mass is 16.5. The Hall–Kier alpha value is -1.06. The molecule has 0 radical (unpaired) electrons. The van der Waals surface area contributed by atoms with E-state index in [4.69, 9.17) is 4.74 Å². The average Bonchev–Trinajstić information content (AvgIpc) is 2.29. The van der Waals surface area contributed by atoms with Crippen LogP contribution >= 0.6 is 0 Å². The van der Waals surface area contributed by atoms with Gasteiger partial charge in [0.1, 0.15) is 0 Å². The first-order valence-corrected chi connectivity index (χ1v) is 6.89. The molecule has 0 aromatic heterocycles. The van der Waals surface area contributed by atoms with E-state index in [1.54, 1.807) is 0 Å². The quantitative estimate of drug-likeness (QED) is 0.793. The second-order valence-corrected chi connectivity index (χ2v) is 5.56. The number of benzene rings is 1. The summed E-state index contributed by atoms with van der Waals surface area (Å²) in [6, 6.07) is 10.1. The lowest BCUT2D eigenvalue weighted by Gasteiger charge is -2.47. The van der Waals surface area contributed by atoms with E-state index in [-0.39, 0.29) is 0 Å². The van der Waals surface area contributed by atoms with Crippen molar-refractivity contribution >= 4 is 5.69 Å². The van der Waals surface area contributed by atoms with E-state index in [0.29, 0.717) is 12.1 Å². The van der Waals surface area contributed by atoms with Crippen LogP contribution in [0, 0.1) is 6.92 Å². The van der Waals surface area contributed by atoms with Crippen LogP contribution in [0.3, 0.4) is 0 Å². The molecule has 2 saturated heterocycles. The van der Waals surface area contributed by atoms with Gasteiger partial charge in [-0.15, -0.1) is 0 Å². The van der Waals surface area contributed by atoms with Crippen LogP contribution in [-0.2, 0) is 4.74 Å². The lowest BCUT2D eigenvalue weighted by atomic mass is 10.1. The molecule has 0 saturated carbocycles. The zero-order valence-electron chi connectivity index (χ0n) is 11.3. The first-order valence-electron chi connectivity index (χ1n) is 6.89. The minimum atomic E-state index is 0.619. The average molecular weight is 246 g/mol. The molecule has 2 aliphatic heterocycles. The molecule has 98 valence electrons. The van der Waals surface area contributed by atoms with Gasteiger partial charge in [-0.1, -0.05) is 12.1 Å². The fraction of sp³-hybridized carbons (Fsp3) is 0.600. The maximum Gasteiger partial charge on any atom is 0.0645 e. The molecule has 0 bridgehead atoms. The highest BCUT2D eigenvalue weighted by Crippen LogP contribution is 2.23. The molecule has 0 N–H and O–H groups in total. The Kier molecular flexibility index (Phi) is 3.27. The van der Waals surface area contributed by atoms with Crippen molar-refractivity contribution in [3.8, 4) is 0 Å². The molecular formula is C15H22N2O. The van der Waals surface area contributed by atoms with Gasteiger partial charge in [-0.2, -0.15) is 0 Å². The minimum Gasteiger partial charge on any atom is -0.378 e. The Morgan fingerprint density at radius 2 is 2.06 bits per heavy atom. The van der Waals surface area contributed by atoms with Gasteiger partial charge in [-0.25, -0.2) is 0 Å². The SMILES string of the molecule is Cc1cccc(N2CCN(C3COC3)C(C)C2)c1. The number of hydrogen-bond acceptors (Lipinski definition) is 3. The van der Waals surface area contributed by atoms with Gasteiger partial charge < -0.3 is 9.64 Å². The second kappa shape index (κ2) is 4.90. The van der Waals surface area contributed by atoms with Crippen LogP contribution in [0.5, 0.6) is 0 Å². The van der Waals surface area contributed by atoms with Crippen molar-refractivity contribution in [3.05, 3.63) is 29.8 Å². The maximum absolute atomic E-state index is 5.31. The molecule has 18 heavy (non-hydrogen) atoms. The van der Waals surface area contributed by atoms with Crippen LogP contribution in [0.4, 0.5) is 5.69 Å². The predicted molar refractivity (Wildman–Crippen MR) is 74.2 cm³/mol. The first kappa shape index (κ1) is 12.0. The van der Waals surface area contributed by atoms with E-state index in [9.17, 15) is 0 Å². The molecule has 1 atom stereocenters. The summed E-state index contributed by atoms with van der Waals surface area (Å²) in [6.45, 7) is 9.76. The predicted octanol–water partition coefficient (Wildman–Crippen LogP) is 1.90. The highest BCUT2D eigenvalue weighted by molar-refractivity contribution is 5.49. The van der Waals surface area contributed by atoms with E-state index in [2.05, 4.69) is 47.9 Å². The third kappa shape index (κ3) is 2.25. The molecule has 2 fully saturated rings. The van der Waals surface area contributed by atoms with E-state index in [1.165, 1.54) is 11.3 Å². The maximum atomic E-state index is 5.31. The van der Waals surface area contributed by atoms with Crippen molar-refractivity contribution in [2.75, 3.05) is 37.7 Å². The first-order chi connectivity index (χ1) is 8.74. The summed E-state index contributed by atoms with van der Waals surface area (Å²) in [5, 5.41) is 0. The van der Waals surface area contributed by atoms with Crippen molar-refractivity contribution in [2.24, 2.45) is 0 Å². The highest BCUT2D eigenvalue weighted by Gasteiger charge is 2.33. The van der Waals surface area contributed by atoms with Gasteiger partial charge in [0.2, 0.25) is 0 Å². The van der Waals surface area contributed by atoms with Crippen molar-refractivity contribution in [2.45, 2.75) is 25.9 Å². The summed E-state index contributed by atoms with van der Waals surface area (Å²) in [5.41, 5.74) is 2.71. The normalized spacial score (nSPS) is 26.1. The smallest absolute Gasteiger partial charge is 0.0645 e. The zero-order valence-corrected chi connectivity index (χ0v) is 11.3. The molecule has 0 aliphatic carbocycles. The van der Waals surface area contributed by atoms with Crippen molar-refractivity contribution in [3.63, 3.8) is 0 Å². The fourth-order valence-corrected chi connectivity index (χ4v) is 2.99. The van der Waals surface area contributed by atoms with Crippen LogP contribution in [0.15, 0.2) is 24.3 Å². The molecule has 1 aromatic carbocycles. The topological polar surface area (TPSA) is 15.7 Å². The van der Waals surface area contributed by atoms with Gasteiger partial charge in [0.25, 0.3) is 0 Å². The molecule has 2 heterocycles. The molecule has 1 aromatic rings. The van der Waals surface area contributed by atoms with Crippen molar-refractivity contribution in [1.82, 2.24) is 4.90 Å². The number of aryl methyl sites for hydroxylation is 1. The number of ether oxygens (including phenoxy) is 1. The zero-order chi connectivity index (χ0) is 12.5. The van der Waals surface area contributed by atoms with Gasteiger partial charge in [-0.3, -0.25) is 4.90 Å². The summed E-state index contributed by atoms with van der Waals surface area (Å²) in [5.74, 6) is 0. The summed E-state index contributed by atoms with van der Waals surface area (Å²) in [4.78, 5) is 5.11. The molecule has 0 amide bonds. The van der Waals surface area contributed by atoms with Gasteiger partial charge in [0.05, 0.1) is 19.3 Å². The number of piperazine rings is 1. The van der Waals surface area contributed by atoms with Crippen LogP contribution in [0.1, 0.15) is 12.5 Å². The van der Waals surface area contributed by atoms with Gasteiger partial charge >= 0.3 is 0 Å². The van der Waals surface area contributed by atoms with Crippen LogP contribution in [0.25, 0.3) is 0 Å². The minimum absolute atomic E-state index is 0.619. The molecular weight excluding hydrogens is 224 g/mol. The number of rotatable bonds is 2. The molecule has 0 spiro atoms. The lowest BCUT2D eigenvalue weighted by molar-refractivity contribution is -0.0792. The lowest BCUT2D eigenvalue weighted by Crippen LogP contribution is -2.60. The fourth-order valence-electron chi connectivity index (χ4n) is 2.99. The molecule has 3 rings (SSSR count). The van der Waals surface area contributed by atoms with Gasteiger partial charge in [0, 0.05) is 31.4 Å². The second-order valence-electron chi connectivity index (χ2n) is 5.56. The van der Waals surface area contributed by atoms with Crippen LogP contribution in [-0.4, -0.2) is 49.8 Å². The number of hydrogen-bond donors (Lipinski definition) is 0. The molecule has 2 aliphatic rings. The monoisotopic (exact) mass is 246 g/mol. The van der Waals surface area contributed by atoms with Crippen molar-refractivity contribution in [1.29, 1.82) is 0 Å². The van der Waals surface area contributed by atoms with Crippen LogP contribution in [0.2, 0.25) is 0 Å². The van der Waals surface area contributed by atoms with E-state index in [0.717, 1.165) is 32.8 Å². The van der Waals surface area contributed by atoms with Crippen molar-refractivity contribution < 1.29 is 4.74 Å². The Bertz CT molecular complexity index is 417. The van der Waals surface area contributed by atoms with E-state index >= 15 is 0 Å². The summed E-state index contributed by atoms with van der Waals surface area (Å²) in [7, 11) is 0. The third-order valence-corrected chi connectivity index (χ3v) is 4.14. The van der Waals surface area contributed by atoms with E-state index < -0.39 is 0 Å². The molecule has 3 heteroatoms. The molecule has 3 nitrogen and oxygen atoms in total. The Morgan fingerprint density at radius 1 is 1.22 bits per heavy atom. The summed E-state index contributed by atoms with van der Waals surface area (Å²) in [6.07, 6.45) is 0. The number of anilines is 1. The third-order valence-electron chi connectivity index (χ3n) is 4.14. The Balaban J connectivity index is 1.67. The molecule has 1 unspecified atom stereocenters. The van der Waals surface area contributed by atoms with Crippen LogP contribution < -0.4 is 4.90 Å².